The fourth-order valence-electron chi connectivity index (χ4n) is 3.64. The molecule has 0 N–H and O–H groups in total. The molecule has 0 saturated heterocycles. The van der Waals surface area contributed by atoms with E-state index in [1.807, 2.05) is 12.1 Å². The Morgan fingerprint density at radius 2 is 1.09 bits per heavy atom. The van der Waals surface area contributed by atoms with Crippen molar-refractivity contribution in [3.63, 3.8) is 0 Å². The molecule has 6 heteroatoms. The zero-order valence-electron chi connectivity index (χ0n) is 21.0. The number of methoxy groups -OCH3 is 2. The van der Waals surface area contributed by atoms with Gasteiger partial charge in [0.2, 0.25) is 0 Å². The Kier molecular flexibility index (Phi) is 12.0. The predicted octanol–water partition coefficient (Wildman–Crippen LogP) is 5.92. The lowest BCUT2D eigenvalue weighted by Crippen LogP contribution is -2.03. The number of hydrogen-bond donors (Lipinski definition) is 0. The van der Waals surface area contributed by atoms with Crippen LogP contribution in [0.15, 0.2) is 36.4 Å². The zero-order valence-corrected chi connectivity index (χ0v) is 21.0. The van der Waals surface area contributed by atoms with Gasteiger partial charge in [-0.2, -0.15) is 0 Å². The Morgan fingerprint density at radius 3 is 1.44 bits per heavy atom. The Hall–Kier alpha value is -3.02. The molecule has 0 fully saturated rings. The van der Waals surface area contributed by atoms with Crippen LogP contribution in [-0.2, 0) is 31.9 Å². The van der Waals surface area contributed by atoms with Crippen molar-refractivity contribution in [3.8, 4) is 22.6 Å². The third kappa shape index (κ3) is 8.73. The van der Waals surface area contributed by atoms with Crippen LogP contribution in [0.5, 0.6) is 11.5 Å². The van der Waals surface area contributed by atoms with Crippen molar-refractivity contribution in [2.24, 2.45) is 0 Å². The smallest absolute Gasteiger partial charge is 0.305 e. The van der Waals surface area contributed by atoms with Crippen molar-refractivity contribution < 1.29 is 28.5 Å². The van der Waals surface area contributed by atoms with Gasteiger partial charge in [-0.15, -0.1) is 0 Å². The van der Waals surface area contributed by atoms with Crippen molar-refractivity contribution >= 4 is 11.9 Å². The number of esters is 2. The van der Waals surface area contributed by atoms with E-state index < -0.39 is 0 Å². The van der Waals surface area contributed by atoms with E-state index in [1.165, 1.54) is 14.2 Å². The standard InChI is InChI=1S/C28H38O6/c1-5-17-33-25-15-13-21(9-7-11-27(29)31-3)19-23(25)24-20-22(10-8-12-28(30)32-4)14-16-26(24)34-18-6-2/h13-16,19-20H,5-12,17-18H2,1-4H3. The van der Waals surface area contributed by atoms with Gasteiger partial charge in [-0.05, 0) is 73.9 Å². The van der Waals surface area contributed by atoms with Crippen molar-refractivity contribution in [1.82, 2.24) is 0 Å². The van der Waals surface area contributed by atoms with E-state index >= 15 is 0 Å². The molecule has 2 rings (SSSR count). The van der Waals surface area contributed by atoms with E-state index in [0.29, 0.717) is 38.9 Å². The van der Waals surface area contributed by atoms with Crippen LogP contribution in [0.3, 0.4) is 0 Å². The summed E-state index contributed by atoms with van der Waals surface area (Å²) in [5.74, 6) is 1.23. The number of ether oxygens (including phenoxy) is 4. The first-order valence-electron chi connectivity index (χ1n) is 12.2. The lowest BCUT2D eigenvalue weighted by atomic mass is 9.96. The van der Waals surface area contributed by atoms with Crippen LogP contribution in [0.25, 0.3) is 11.1 Å². The van der Waals surface area contributed by atoms with Crippen LogP contribution in [-0.4, -0.2) is 39.4 Å². The van der Waals surface area contributed by atoms with Crippen LogP contribution in [0.2, 0.25) is 0 Å². The van der Waals surface area contributed by atoms with E-state index in [1.54, 1.807) is 0 Å². The molecule has 0 unspecified atom stereocenters. The summed E-state index contributed by atoms with van der Waals surface area (Å²) in [4.78, 5) is 23.0. The SMILES string of the molecule is CCCOc1ccc(CCCC(=O)OC)cc1-c1cc(CCCC(=O)OC)ccc1OCCC. The average molecular weight is 471 g/mol. The third-order valence-corrected chi connectivity index (χ3v) is 5.45. The Morgan fingerprint density at radius 1 is 0.676 bits per heavy atom. The molecular weight excluding hydrogens is 432 g/mol. The number of aryl methyl sites for hydroxylation is 2. The predicted molar refractivity (Wildman–Crippen MR) is 133 cm³/mol. The second-order valence-corrected chi connectivity index (χ2v) is 8.22. The number of carbonyl (C=O) groups is 2. The molecule has 0 spiro atoms. The van der Waals surface area contributed by atoms with Gasteiger partial charge in [0, 0.05) is 24.0 Å². The maximum atomic E-state index is 11.5. The minimum Gasteiger partial charge on any atom is -0.493 e. The van der Waals surface area contributed by atoms with E-state index in [2.05, 4.69) is 38.1 Å². The van der Waals surface area contributed by atoms with Crippen molar-refractivity contribution in [3.05, 3.63) is 47.5 Å². The Bertz CT molecular complexity index is 846. The van der Waals surface area contributed by atoms with Gasteiger partial charge in [0.1, 0.15) is 11.5 Å². The summed E-state index contributed by atoms with van der Waals surface area (Å²) in [7, 11) is 2.83. The van der Waals surface area contributed by atoms with Crippen LogP contribution in [0.4, 0.5) is 0 Å². The maximum Gasteiger partial charge on any atom is 0.305 e. The van der Waals surface area contributed by atoms with Gasteiger partial charge in [-0.25, -0.2) is 0 Å². The van der Waals surface area contributed by atoms with E-state index in [4.69, 9.17) is 18.9 Å². The molecule has 0 radical (unpaired) electrons. The minimum absolute atomic E-state index is 0.196. The topological polar surface area (TPSA) is 71.1 Å². The monoisotopic (exact) mass is 470 g/mol. The molecule has 2 aromatic carbocycles. The van der Waals surface area contributed by atoms with E-state index in [0.717, 1.165) is 59.4 Å². The number of rotatable bonds is 15. The maximum absolute atomic E-state index is 11.5. The fraction of sp³-hybridized carbons (Fsp3) is 0.500. The summed E-state index contributed by atoms with van der Waals surface area (Å²) in [6.45, 7) is 5.41. The molecule has 0 amide bonds. The van der Waals surface area contributed by atoms with Crippen molar-refractivity contribution in [1.29, 1.82) is 0 Å². The highest BCUT2D eigenvalue weighted by Crippen LogP contribution is 2.38. The molecule has 0 atom stereocenters. The first kappa shape index (κ1) is 27.2. The fourth-order valence-corrected chi connectivity index (χ4v) is 3.64. The molecular formula is C28H38O6. The van der Waals surface area contributed by atoms with Crippen LogP contribution < -0.4 is 9.47 Å². The molecule has 0 aromatic heterocycles. The van der Waals surface area contributed by atoms with Crippen LogP contribution >= 0.6 is 0 Å². The van der Waals surface area contributed by atoms with E-state index in [-0.39, 0.29) is 11.9 Å². The average Bonchev–Trinajstić information content (AvgIpc) is 2.86. The highest BCUT2D eigenvalue weighted by molar-refractivity contribution is 5.77. The summed E-state index contributed by atoms with van der Waals surface area (Å²) in [5.41, 5.74) is 4.20. The summed E-state index contributed by atoms with van der Waals surface area (Å²) < 4.78 is 21.7. The first-order valence-corrected chi connectivity index (χ1v) is 12.2. The number of carbonyl (C=O) groups excluding carboxylic acids is 2. The van der Waals surface area contributed by atoms with Crippen molar-refractivity contribution in [2.75, 3.05) is 27.4 Å². The Labute approximate surface area is 203 Å². The largest absolute Gasteiger partial charge is 0.493 e. The molecule has 0 aliphatic rings. The summed E-state index contributed by atoms with van der Waals surface area (Å²) in [5, 5.41) is 0. The van der Waals surface area contributed by atoms with Crippen LogP contribution in [0.1, 0.15) is 63.5 Å². The Balaban J connectivity index is 2.38. The third-order valence-electron chi connectivity index (χ3n) is 5.45. The van der Waals surface area contributed by atoms with E-state index in [9.17, 15) is 9.59 Å². The first-order chi connectivity index (χ1) is 16.5. The molecule has 0 heterocycles. The summed E-state index contributed by atoms with van der Waals surface area (Å²) in [6.07, 6.45) is 5.56. The van der Waals surface area contributed by atoms with Gasteiger partial charge >= 0.3 is 11.9 Å². The van der Waals surface area contributed by atoms with Crippen LogP contribution in [0, 0.1) is 0 Å². The lowest BCUT2D eigenvalue weighted by Gasteiger charge is -2.18. The van der Waals surface area contributed by atoms with Gasteiger partial charge in [0.15, 0.2) is 0 Å². The van der Waals surface area contributed by atoms with Gasteiger partial charge < -0.3 is 18.9 Å². The van der Waals surface area contributed by atoms with Gasteiger partial charge in [0.25, 0.3) is 0 Å². The number of hydrogen-bond acceptors (Lipinski definition) is 6. The molecule has 34 heavy (non-hydrogen) atoms. The van der Waals surface area contributed by atoms with Gasteiger partial charge in [0.05, 0.1) is 27.4 Å². The molecule has 0 aliphatic carbocycles. The van der Waals surface area contributed by atoms with Gasteiger partial charge in [-0.1, -0.05) is 26.0 Å². The lowest BCUT2D eigenvalue weighted by molar-refractivity contribution is -0.141. The normalized spacial score (nSPS) is 10.6. The second kappa shape index (κ2) is 15.0. The highest BCUT2D eigenvalue weighted by Gasteiger charge is 2.15. The summed E-state index contributed by atoms with van der Waals surface area (Å²) in [6, 6.07) is 12.4. The minimum atomic E-state index is -0.196. The molecule has 6 nitrogen and oxygen atoms in total. The molecule has 0 bridgehead atoms. The zero-order chi connectivity index (χ0) is 24.8. The second-order valence-electron chi connectivity index (χ2n) is 8.22. The quantitative estimate of drug-likeness (QED) is 0.301. The summed E-state index contributed by atoms with van der Waals surface area (Å²) >= 11 is 0. The van der Waals surface area contributed by atoms with Gasteiger partial charge in [-0.3, -0.25) is 9.59 Å². The number of benzene rings is 2. The highest BCUT2D eigenvalue weighted by atomic mass is 16.5. The molecule has 186 valence electrons. The molecule has 2 aromatic rings. The molecule has 0 aliphatic heterocycles. The molecule has 0 saturated carbocycles. The van der Waals surface area contributed by atoms with Crippen molar-refractivity contribution in [2.45, 2.75) is 65.2 Å².